The van der Waals surface area contributed by atoms with Crippen LogP contribution in [0.1, 0.15) is 56.9 Å². The number of hydrogen-bond donors (Lipinski definition) is 1. The van der Waals surface area contributed by atoms with Crippen molar-refractivity contribution in [1.82, 2.24) is 0 Å². The van der Waals surface area contributed by atoms with Crippen LogP contribution in [0.4, 0.5) is 0 Å². The molecule has 1 heterocycles. The largest absolute Gasteiger partial charge is 0.393 e. The average Bonchev–Trinajstić information content (AvgIpc) is 2.87. The summed E-state index contributed by atoms with van der Waals surface area (Å²) in [5.74, 6) is 3.01. The quantitative estimate of drug-likeness (QED) is 0.837. The fraction of sp³-hybridized carbons (Fsp3) is 0.778. The zero-order valence-corrected chi connectivity index (χ0v) is 13.1. The monoisotopic (exact) mass is 290 g/mol. The minimum absolute atomic E-state index is 0.0776. The lowest BCUT2D eigenvalue weighted by molar-refractivity contribution is -0.0765. The molecule has 4 aliphatic rings. The lowest BCUT2D eigenvalue weighted by Gasteiger charge is -2.57. The van der Waals surface area contributed by atoms with E-state index < -0.39 is 0 Å². The van der Waals surface area contributed by atoms with Crippen molar-refractivity contribution in [2.24, 2.45) is 23.2 Å². The summed E-state index contributed by atoms with van der Waals surface area (Å²) >= 11 is 1.76. The summed E-state index contributed by atoms with van der Waals surface area (Å²) in [7, 11) is 0. The third-order valence-electron chi connectivity index (χ3n) is 6.18. The Morgan fingerprint density at radius 2 is 1.80 bits per heavy atom. The van der Waals surface area contributed by atoms with Gasteiger partial charge in [-0.2, -0.15) is 11.3 Å². The van der Waals surface area contributed by atoms with E-state index in [1.807, 2.05) is 0 Å². The molecule has 20 heavy (non-hydrogen) atoms. The molecule has 1 nitrogen and oxygen atoms in total. The molecule has 1 aromatic rings. The van der Waals surface area contributed by atoms with Crippen LogP contribution in [0.3, 0.4) is 0 Å². The summed E-state index contributed by atoms with van der Waals surface area (Å²) in [5.41, 5.74) is 1.93. The van der Waals surface area contributed by atoms with Gasteiger partial charge in [-0.1, -0.05) is 0 Å². The minimum atomic E-state index is -0.0776. The molecule has 0 amide bonds. The molecule has 1 aromatic heterocycles. The topological polar surface area (TPSA) is 20.2 Å². The van der Waals surface area contributed by atoms with E-state index in [2.05, 4.69) is 16.8 Å². The van der Waals surface area contributed by atoms with Gasteiger partial charge in [-0.25, -0.2) is 0 Å². The maximum absolute atomic E-state index is 10.5. The Hall–Kier alpha value is -0.340. The number of aryl methyl sites for hydroxylation is 1. The fourth-order valence-electron chi connectivity index (χ4n) is 5.91. The highest BCUT2D eigenvalue weighted by atomic mass is 32.1. The van der Waals surface area contributed by atoms with Gasteiger partial charge in [0.2, 0.25) is 0 Å². The third-order valence-corrected chi connectivity index (χ3v) is 6.91. The second kappa shape index (κ2) is 5.14. The van der Waals surface area contributed by atoms with Gasteiger partial charge in [0.25, 0.3) is 0 Å². The molecular formula is C18H26OS. The Balaban J connectivity index is 1.36. The molecule has 4 fully saturated rings. The van der Waals surface area contributed by atoms with Crippen molar-refractivity contribution in [3.63, 3.8) is 0 Å². The molecule has 1 unspecified atom stereocenters. The number of thiophene rings is 1. The van der Waals surface area contributed by atoms with Crippen molar-refractivity contribution >= 4 is 11.3 Å². The van der Waals surface area contributed by atoms with Crippen LogP contribution in [0.25, 0.3) is 0 Å². The number of hydrogen-bond acceptors (Lipinski definition) is 2. The lowest BCUT2D eigenvalue weighted by Crippen LogP contribution is -2.47. The Labute approximate surface area is 126 Å². The predicted octanol–water partition coefficient (Wildman–Crippen LogP) is 4.65. The van der Waals surface area contributed by atoms with Gasteiger partial charge >= 0.3 is 0 Å². The zero-order valence-electron chi connectivity index (χ0n) is 12.3. The second-order valence-electron chi connectivity index (χ2n) is 7.95. The first-order valence-corrected chi connectivity index (χ1v) is 9.34. The molecule has 0 aromatic carbocycles. The van der Waals surface area contributed by atoms with Gasteiger partial charge in [-0.3, -0.25) is 0 Å². The molecule has 0 aliphatic heterocycles. The van der Waals surface area contributed by atoms with Gasteiger partial charge in [0.1, 0.15) is 0 Å². The van der Waals surface area contributed by atoms with E-state index in [4.69, 9.17) is 0 Å². The molecule has 5 rings (SSSR count). The first-order valence-electron chi connectivity index (χ1n) is 8.40. The Morgan fingerprint density at radius 3 is 2.35 bits per heavy atom. The summed E-state index contributed by atoms with van der Waals surface area (Å²) < 4.78 is 0. The highest BCUT2D eigenvalue weighted by molar-refractivity contribution is 7.07. The summed E-state index contributed by atoms with van der Waals surface area (Å²) in [6.07, 6.45) is 11.8. The molecule has 4 saturated carbocycles. The Kier molecular flexibility index (Phi) is 3.42. The van der Waals surface area contributed by atoms with Gasteiger partial charge in [-0.05, 0) is 103 Å². The molecule has 4 bridgehead atoms. The minimum Gasteiger partial charge on any atom is -0.393 e. The highest BCUT2D eigenvalue weighted by Crippen LogP contribution is 2.61. The molecule has 0 radical (unpaired) electrons. The van der Waals surface area contributed by atoms with Crippen molar-refractivity contribution < 1.29 is 5.11 Å². The molecular weight excluding hydrogens is 264 g/mol. The van der Waals surface area contributed by atoms with Crippen LogP contribution in [0, 0.1) is 23.2 Å². The molecule has 0 spiro atoms. The normalized spacial score (nSPS) is 40.1. The zero-order chi connectivity index (χ0) is 13.6. The van der Waals surface area contributed by atoms with Gasteiger partial charge in [0.05, 0.1) is 6.10 Å². The van der Waals surface area contributed by atoms with E-state index in [0.29, 0.717) is 5.41 Å². The molecule has 4 aliphatic carbocycles. The SMILES string of the molecule is OC(CCc1ccsc1)CC12CC3CC(CC(C3)C1)C2. The van der Waals surface area contributed by atoms with Crippen molar-refractivity contribution in [3.8, 4) is 0 Å². The van der Waals surface area contributed by atoms with Gasteiger partial charge in [-0.15, -0.1) is 0 Å². The summed E-state index contributed by atoms with van der Waals surface area (Å²) in [4.78, 5) is 0. The van der Waals surface area contributed by atoms with Gasteiger partial charge in [0.15, 0.2) is 0 Å². The van der Waals surface area contributed by atoms with E-state index in [-0.39, 0.29) is 6.10 Å². The van der Waals surface area contributed by atoms with E-state index in [0.717, 1.165) is 37.0 Å². The van der Waals surface area contributed by atoms with Crippen molar-refractivity contribution in [3.05, 3.63) is 22.4 Å². The molecule has 1 atom stereocenters. The van der Waals surface area contributed by atoms with Crippen LogP contribution in [-0.4, -0.2) is 11.2 Å². The molecule has 2 heteroatoms. The number of rotatable bonds is 5. The van der Waals surface area contributed by atoms with Gasteiger partial charge < -0.3 is 5.11 Å². The number of aliphatic hydroxyl groups excluding tert-OH is 1. The maximum atomic E-state index is 10.5. The fourth-order valence-corrected chi connectivity index (χ4v) is 6.61. The predicted molar refractivity (Wildman–Crippen MR) is 83.9 cm³/mol. The molecule has 110 valence electrons. The van der Waals surface area contributed by atoms with Crippen LogP contribution in [0.5, 0.6) is 0 Å². The first kappa shape index (κ1) is 13.3. The van der Waals surface area contributed by atoms with Crippen molar-refractivity contribution in [2.75, 3.05) is 0 Å². The summed E-state index contributed by atoms with van der Waals surface area (Å²) in [5, 5.41) is 14.9. The molecule has 0 saturated heterocycles. The van der Waals surface area contributed by atoms with Crippen LogP contribution in [-0.2, 0) is 6.42 Å². The van der Waals surface area contributed by atoms with Crippen LogP contribution >= 0.6 is 11.3 Å². The maximum Gasteiger partial charge on any atom is 0.0548 e. The van der Waals surface area contributed by atoms with E-state index in [1.165, 1.54) is 44.1 Å². The smallest absolute Gasteiger partial charge is 0.0548 e. The standard InChI is InChI=1S/C18H26OS/c19-17(2-1-13-3-4-20-12-13)11-18-8-14-5-15(9-18)7-16(6-14)10-18/h3-4,12,14-17,19H,1-2,5-11H2. The second-order valence-corrected chi connectivity index (χ2v) is 8.73. The lowest BCUT2D eigenvalue weighted by atomic mass is 9.48. The average molecular weight is 290 g/mol. The summed E-state index contributed by atoms with van der Waals surface area (Å²) in [6, 6.07) is 2.20. The van der Waals surface area contributed by atoms with E-state index in [9.17, 15) is 5.11 Å². The Morgan fingerprint density at radius 1 is 1.15 bits per heavy atom. The van der Waals surface area contributed by atoms with Gasteiger partial charge in [0, 0.05) is 0 Å². The number of aliphatic hydroxyl groups is 1. The van der Waals surface area contributed by atoms with Crippen molar-refractivity contribution in [1.29, 1.82) is 0 Å². The van der Waals surface area contributed by atoms with Crippen LogP contribution in [0.2, 0.25) is 0 Å². The first-order chi connectivity index (χ1) is 9.71. The Bertz CT molecular complexity index is 415. The van der Waals surface area contributed by atoms with E-state index in [1.54, 1.807) is 11.3 Å². The highest BCUT2D eigenvalue weighted by Gasteiger charge is 2.51. The van der Waals surface area contributed by atoms with E-state index >= 15 is 0 Å². The summed E-state index contributed by atoms with van der Waals surface area (Å²) in [6.45, 7) is 0. The molecule has 1 N–H and O–H groups in total. The van der Waals surface area contributed by atoms with Crippen LogP contribution < -0.4 is 0 Å². The van der Waals surface area contributed by atoms with Crippen molar-refractivity contribution in [2.45, 2.75) is 63.9 Å². The third kappa shape index (κ3) is 2.57. The van der Waals surface area contributed by atoms with Crippen LogP contribution in [0.15, 0.2) is 16.8 Å².